The highest BCUT2D eigenvalue weighted by molar-refractivity contribution is 7.92. The number of carboxylic acid groups (broad SMARTS) is 1. The first kappa shape index (κ1) is 34.2. The largest absolute Gasteiger partial charge is 0.493 e. The molecule has 0 radical (unpaired) electrons. The molecule has 1 unspecified atom stereocenters. The normalized spacial score (nSPS) is 18.9. The van der Waals surface area contributed by atoms with Gasteiger partial charge in [0.2, 0.25) is 0 Å². The quantitative estimate of drug-likeness (QED) is 0.203. The molecule has 3 atom stereocenters. The van der Waals surface area contributed by atoms with Crippen molar-refractivity contribution in [2.45, 2.75) is 42.7 Å². The maximum atomic E-state index is 13.6. The number of halogens is 3. The van der Waals surface area contributed by atoms with Crippen LogP contribution in [0.5, 0.6) is 5.75 Å². The van der Waals surface area contributed by atoms with E-state index in [-0.39, 0.29) is 29.1 Å². The van der Waals surface area contributed by atoms with E-state index >= 15 is 0 Å². The molecule has 0 saturated heterocycles. The van der Waals surface area contributed by atoms with Crippen molar-refractivity contribution in [1.82, 2.24) is 14.5 Å². The number of likely N-dealkylation sites (N-methyl/N-ethyl adjacent to an activating group) is 1. The lowest BCUT2D eigenvalue weighted by molar-refractivity contribution is -0.146. The molecule has 47 heavy (non-hydrogen) atoms. The fourth-order valence-electron chi connectivity index (χ4n) is 6.33. The van der Waals surface area contributed by atoms with Gasteiger partial charge in [0.15, 0.2) is 0 Å². The first-order chi connectivity index (χ1) is 22.2. The second kappa shape index (κ2) is 13.6. The number of rotatable bonds is 11. The fourth-order valence-corrected chi connectivity index (χ4v) is 7.55. The van der Waals surface area contributed by atoms with Crippen molar-refractivity contribution < 1.29 is 36.2 Å². The number of carboxylic acids is 1. The number of fused-ring (bicyclic) bond motifs is 1. The minimum absolute atomic E-state index is 0.0512. The predicted octanol–water partition coefficient (Wildman–Crippen LogP) is 6.18. The summed E-state index contributed by atoms with van der Waals surface area (Å²) in [5, 5.41) is 10.2. The first-order valence-electron chi connectivity index (χ1n) is 15.4. The van der Waals surface area contributed by atoms with Gasteiger partial charge < -0.3 is 19.3 Å². The molecule has 0 aliphatic heterocycles. The highest BCUT2D eigenvalue weighted by atomic mass is 32.2. The smallest absolute Gasteiger partial charge is 0.416 e. The van der Waals surface area contributed by atoms with Gasteiger partial charge in [0, 0.05) is 33.0 Å². The Morgan fingerprint density at radius 2 is 1.70 bits per heavy atom. The molecule has 1 aromatic heterocycles. The zero-order chi connectivity index (χ0) is 34.1. The Labute approximate surface area is 272 Å². The first-order valence-corrected chi connectivity index (χ1v) is 16.8. The number of sulfonamides is 1. The summed E-state index contributed by atoms with van der Waals surface area (Å²) in [5.74, 6) is -1.35. The standard InChI is InChI=1S/C34H39F3N4O5S/c1-39(2)19-18-31-38-29-20-27(16-17-30(29)40(31)3)47(44,45)41(4)25-12-8-22(9-13-25)28-7-5-6-23(32(28)33(42)43)21-46-26-14-10-24(11-15-26)34(35,36)37/h8-17,20,23,28,32H,5-7,18-19,21H2,1-4H3,(H,42,43)/t23?,28-,32+/m1/s1. The van der Waals surface area contributed by atoms with E-state index in [1.54, 1.807) is 42.5 Å². The number of aliphatic carboxylic acids is 1. The maximum absolute atomic E-state index is 13.6. The zero-order valence-corrected chi connectivity index (χ0v) is 27.6. The number of aromatic nitrogens is 2. The molecule has 1 N–H and O–H groups in total. The average molecular weight is 673 g/mol. The number of imidazole rings is 1. The van der Waals surface area contributed by atoms with Gasteiger partial charge in [0.25, 0.3) is 10.0 Å². The third kappa shape index (κ3) is 7.41. The Morgan fingerprint density at radius 3 is 2.32 bits per heavy atom. The summed E-state index contributed by atoms with van der Waals surface area (Å²) in [5.41, 5.74) is 1.85. The molecular formula is C34H39F3N4O5S. The van der Waals surface area contributed by atoms with Crippen molar-refractivity contribution in [2.75, 3.05) is 38.6 Å². The third-order valence-corrected chi connectivity index (χ3v) is 10.8. The molecule has 3 aromatic carbocycles. The third-order valence-electron chi connectivity index (χ3n) is 9.03. The van der Waals surface area contributed by atoms with Crippen LogP contribution in [-0.2, 0) is 34.5 Å². The second-order valence-electron chi connectivity index (χ2n) is 12.3. The van der Waals surface area contributed by atoms with Gasteiger partial charge in [0.1, 0.15) is 11.6 Å². The number of hydrogen-bond acceptors (Lipinski definition) is 6. The lowest BCUT2D eigenvalue weighted by atomic mass is 9.69. The molecule has 4 aromatic rings. The van der Waals surface area contributed by atoms with Gasteiger partial charge >= 0.3 is 12.1 Å². The maximum Gasteiger partial charge on any atom is 0.416 e. The van der Waals surface area contributed by atoms with Crippen LogP contribution in [0.15, 0.2) is 71.6 Å². The minimum atomic E-state index is -4.46. The number of anilines is 1. The predicted molar refractivity (Wildman–Crippen MR) is 173 cm³/mol. The Hall–Kier alpha value is -4.10. The van der Waals surface area contributed by atoms with E-state index in [1.807, 2.05) is 25.7 Å². The van der Waals surface area contributed by atoms with E-state index in [1.165, 1.54) is 23.5 Å². The number of aryl methyl sites for hydroxylation is 1. The Morgan fingerprint density at radius 1 is 1.02 bits per heavy atom. The number of ether oxygens (including phenoxy) is 1. The molecule has 1 heterocycles. The van der Waals surface area contributed by atoms with Crippen LogP contribution in [0.1, 0.15) is 42.1 Å². The van der Waals surface area contributed by atoms with Gasteiger partial charge in [-0.25, -0.2) is 13.4 Å². The monoisotopic (exact) mass is 672 g/mol. The van der Waals surface area contributed by atoms with E-state index in [4.69, 9.17) is 4.74 Å². The van der Waals surface area contributed by atoms with Crippen molar-refractivity contribution in [3.05, 3.63) is 83.7 Å². The van der Waals surface area contributed by atoms with Gasteiger partial charge in [0.05, 0.1) is 39.7 Å². The molecule has 0 bridgehead atoms. The molecule has 5 rings (SSSR count). The average Bonchev–Trinajstić information content (AvgIpc) is 3.36. The topological polar surface area (TPSA) is 105 Å². The van der Waals surface area contributed by atoms with Gasteiger partial charge in [-0.1, -0.05) is 18.6 Å². The van der Waals surface area contributed by atoms with Crippen LogP contribution in [0.25, 0.3) is 11.0 Å². The summed E-state index contributed by atoms with van der Waals surface area (Å²) in [6.07, 6.45) is -1.75. The van der Waals surface area contributed by atoms with E-state index in [2.05, 4.69) is 9.88 Å². The van der Waals surface area contributed by atoms with Crippen LogP contribution in [0.3, 0.4) is 0 Å². The summed E-state index contributed by atoms with van der Waals surface area (Å²) < 4.78 is 74.9. The fraction of sp³-hybridized carbons (Fsp3) is 0.412. The molecule has 0 amide bonds. The molecule has 9 nitrogen and oxygen atoms in total. The van der Waals surface area contributed by atoms with Crippen LogP contribution in [0, 0.1) is 11.8 Å². The van der Waals surface area contributed by atoms with Gasteiger partial charge in [-0.2, -0.15) is 13.2 Å². The highest BCUT2D eigenvalue weighted by Crippen LogP contribution is 2.42. The minimum Gasteiger partial charge on any atom is -0.493 e. The number of benzene rings is 3. The van der Waals surface area contributed by atoms with Crippen molar-refractivity contribution >= 4 is 32.7 Å². The molecule has 1 aliphatic carbocycles. The highest BCUT2D eigenvalue weighted by Gasteiger charge is 2.40. The van der Waals surface area contributed by atoms with Crippen LogP contribution in [0.4, 0.5) is 18.9 Å². The van der Waals surface area contributed by atoms with E-state index in [9.17, 15) is 31.5 Å². The second-order valence-corrected chi connectivity index (χ2v) is 14.3. The number of hydrogen-bond donors (Lipinski definition) is 1. The molecule has 0 spiro atoms. The molecular weight excluding hydrogens is 633 g/mol. The number of alkyl halides is 3. The SMILES string of the molecule is CN(C)CCc1nc2cc(S(=O)(=O)N(C)c3ccc([C@H]4CCCC(COc5ccc(C(F)(F)F)cc5)[C@@H]4C(=O)O)cc3)ccc2n1C. The van der Waals surface area contributed by atoms with Gasteiger partial charge in [-0.05, 0) is 93.0 Å². The van der Waals surface area contributed by atoms with E-state index in [0.717, 1.165) is 48.4 Å². The van der Waals surface area contributed by atoms with Crippen molar-refractivity contribution in [3.63, 3.8) is 0 Å². The van der Waals surface area contributed by atoms with Crippen LogP contribution in [0.2, 0.25) is 0 Å². The van der Waals surface area contributed by atoms with Crippen LogP contribution in [-0.4, -0.2) is 68.2 Å². The lowest BCUT2D eigenvalue weighted by Gasteiger charge is -2.36. The summed E-state index contributed by atoms with van der Waals surface area (Å²) in [6, 6.07) is 16.1. The summed E-state index contributed by atoms with van der Waals surface area (Å²) >= 11 is 0. The lowest BCUT2D eigenvalue weighted by Crippen LogP contribution is -2.36. The van der Waals surface area contributed by atoms with Crippen molar-refractivity contribution in [1.29, 1.82) is 0 Å². The number of carbonyl (C=O) groups is 1. The van der Waals surface area contributed by atoms with E-state index < -0.39 is 33.7 Å². The van der Waals surface area contributed by atoms with Crippen LogP contribution >= 0.6 is 0 Å². The Bertz CT molecular complexity index is 1820. The molecule has 1 aliphatic rings. The van der Waals surface area contributed by atoms with Crippen molar-refractivity contribution in [2.24, 2.45) is 18.9 Å². The molecule has 1 saturated carbocycles. The van der Waals surface area contributed by atoms with Crippen molar-refractivity contribution in [3.8, 4) is 5.75 Å². The number of nitrogens with zero attached hydrogens (tertiary/aromatic N) is 4. The molecule has 252 valence electrons. The van der Waals surface area contributed by atoms with Gasteiger partial charge in [-0.15, -0.1) is 0 Å². The zero-order valence-electron chi connectivity index (χ0n) is 26.7. The Kier molecular flexibility index (Phi) is 9.88. The summed E-state index contributed by atoms with van der Waals surface area (Å²) in [6.45, 7) is 0.863. The van der Waals surface area contributed by atoms with Gasteiger partial charge in [-0.3, -0.25) is 9.10 Å². The summed E-state index contributed by atoms with van der Waals surface area (Å²) in [7, 11) is 3.43. The van der Waals surface area contributed by atoms with E-state index in [0.29, 0.717) is 24.0 Å². The Balaban J connectivity index is 1.30. The molecule has 1 fully saturated rings. The van der Waals surface area contributed by atoms with Crippen LogP contribution < -0.4 is 9.04 Å². The molecule has 13 heteroatoms. The summed E-state index contributed by atoms with van der Waals surface area (Å²) in [4.78, 5) is 19.3.